The summed E-state index contributed by atoms with van der Waals surface area (Å²) in [6, 6.07) is 8.01. The molecule has 1 aliphatic rings. The van der Waals surface area contributed by atoms with Gasteiger partial charge in [-0.3, -0.25) is 0 Å². The molecule has 1 aromatic heterocycles. The molecule has 20 heavy (non-hydrogen) atoms. The third kappa shape index (κ3) is 2.56. The monoisotopic (exact) mass is 272 g/mol. The zero-order chi connectivity index (χ0) is 14.0. The van der Waals surface area contributed by atoms with Gasteiger partial charge in [-0.1, -0.05) is 6.07 Å². The maximum atomic E-state index is 9.12. The maximum Gasteiger partial charge on any atom is 0.133 e. The summed E-state index contributed by atoms with van der Waals surface area (Å²) in [6.45, 7) is 1.13. The molecule has 0 amide bonds. The quantitative estimate of drug-likeness (QED) is 0.849. The van der Waals surface area contributed by atoms with Crippen molar-refractivity contribution in [2.75, 3.05) is 25.6 Å². The van der Waals surface area contributed by atoms with Crippen LogP contribution in [0.3, 0.4) is 0 Å². The predicted octanol–water partition coefficient (Wildman–Crippen LogP) is 2.82. The Labute approximate surface area is 118 Å². The summed E-state index contributed by atoms with van der Waals surface area (Å²) in [6.07, 6.45) is 5.07. The van der Waals surface area contributed by atoms with E-state index >= 15 is 0 Å². The zero-order valence-electron chi connectivity index (χ0n) is 11.7. The maximum absolute atomic E-state index is 9.12. The molecule has 106 valence electrons. The Morgan fingerprint density at radius 3 is 2.90 bits per heavy atom. The number of nitrogens with one attached hydrogen (secondary N) is 1. The fourth-order valence-corrected chi connectivity index (χ4v) is 2.62. The van der Waals surface area contributed by atoms with Gasteiger partial charge in [0, 0.05) is 24.7 Å². The second-order valence-electron chi connectivity index (χ2n) is 5.57. The molecule has 0 spiro atoms. The number of ether oxygens (including phenoxy) is 1. The van der Waals surface area contributed by atoms with Gasteiger partial charge in [0.05, 0.1) is 7.11 Å². The number of rotatable bonds is 6. The number of aliphatic hydroxyl groups excluding tert-OH is 1. The van der Waals surface area contributed by atoms with Crippen molar-refractivity contribution in [2.24, 2.45) is 5.41 Å². The number of methoxy groups -OCH3 is 1. The lowest BCUT2D eigenvalue weighted by atomic mass is 10.0. The lowest BCUT2D eigenvalue weighted by molar-refractivity contribution is 0.253. The number of benzene rings is 1. The molecule has 0 saturated heterocycles. The highest BCUT2D eigenvalue weighted by molar-refractivity contribution is 5.92. The second kappa shape index (κ2) is 5.29. The molecule has 1 fully saturated rings. The molecule has 1 aliphatic carbocycles. The van der Waals surface area contributed by atoms with E-state index in [4.69, 9.17) is 9.84 Å². The van der Waals surface area contributed by atoms with Gasteiger partial charge in [-0.15, -0.1) is 0 Å². The fraction of sp³-hybridized carbons (Fsp3) is 0.438. The van der Waals surface area contributed by atoms with Crippen LogP contribution in [0.5, 0.6) is 5.75 Å². The normalized spacial score (nSPS) is 16.1. The highest BCUT2D eigenvalue weighted by Gasteiger charge is 2.41. The lowest BCUT2D eigenvalue weighted by Crippen LogP contribution is -2.17. The molecular weight excluding hydrogens is 252 g/mol. The van der Waals surface area contributed by atoms with E-state index in [1.807, 2.05) is 30.5 Å². The van der Waals surface area contributed by atoms with E-state index in [2.05, 4.69) is 10.3 Å². The van der Waals surface area contributed by atoms with E-state index in [0.717, 1.165) is 35.3 Å². The van der Waals surface area contributed by atoms with E-state index < -0.39 is 0 Å². The Kier molecular flexibility index (Phi) is 3.49. The molecule has 3 rings (SSSR count). The molecule has 1 saturated carbocycles. The number of nitrogens with zero attached hydrogens (tertiary/aromatic N) is 1. The fourth-order valence-electron chi connectivity index (χ4n) is 2.62. The lowest BCUT2D eigenvalue weighted by Gasteiger charge is -2.16. The Balaban J connectivity index is 1.83. The average Bonchev–Trinajstić information content (AvgIpc) is 3.25. The van der Waals surface area contributed by atoms with Crippen molar-refractivity contribution < 1.29 is 9.84 Å². The minimum atomic E-state index is 0.262. The summed E-state index contributed by atoms with van der Waals surface area (Å²) < 4.78 is 5.28. The number of pyridine rings is 1. The number of hydrogen-bond donors (Lipinski definition) is 2. The first-order chi connectivity index (χ1) is 9.76. The van der Waals surface area contributed by atoms with Gasteiger partial charge in [-0.2, -0.15) is 0 Å². The van der Waals surface area contributed by atoms with Crippen molar-refractivity contribution in [3.63, 3.8) is 0 Å². The Bertz CT molecular complexity index is 608. The smallest absolute Gasteiger partial charge is 0.133 e. The van der Waals surface area contributed by atoms with E-state index in [9.17, 15) is 0 Å². The number of fused-ring (bicyclic) bond motifs is 1. The van der Waals surface area contributed by atoms with Crippen molar-refractivity contribution in [2.45, 2.75) is 19.3 Å². The molecular formula is C16H20N2O2. The topological polar surface area (TPSA) is 54.4 Å². The van der Waals surface area contributed by atoms with Crippen LogP contribution in [0.4, 0.5) is 5.82 Å². The van der Waals surface area contributed by atoms with Gasteiger partial charge < -0.3 is 15.2 Å². The van der Waals surface area contributed by atoms with Crippen LogP contribution in [0, 0.1) is 5.41 Å². The van der Waals surface area contributed by atoms with Crippen LogP contribution in [0.2, 0.25) is 0 Å². The Morgan fingerprint density at radius 1 is 1.35 bits per heavy atom. The number of aliphatic hydroxyl groups is 1. The summed E-state index contributed by atoms with van der Waals surface area (Å²) in [5.41, 5.74) is 0.275. The third-order valence-corrected chi connectivity index (χ3v) is 4.20. The molecule has 0 atom stereocenters. The van der Waals surface area contributed by atoms with E-state index in [1.54, 1.807) is 7.11 Å². The number of hydrogen-bond acceptors (Lipinski definition) is 4. The number of anilines is 1. The van der Waals surface area contributed by atoms with Crippen LogP contribution >= 0.6 is 0 Å². The third-order valence-electron chi connectivity index (χ3n) is 4.20. The molecule has 4 heteroatoms. The Hall–Kier alpha value is -1.81. The molecule has 0 unspecified atom stereocenters. The molecule has 0 radical (unpaired) electrons. The van der Waals surface area contributed by atoms with Crippen molar-refractivity contribution in [3.05, 3.63) is 30.5 Å². The van der Waals surface area contributed by atoms with Crippen LogP contribution in [-0.2, 0) is 0 Å². The van der Waals surface area contributed by atoms with Gasteiger partial charge in [0.25, 0.3) is 0 Å². The number of aromatic nitrogens is 1. The van der Waals surface area contributed by atoms with Crippen LogP contribution in [0.1, 0.15) is 19.3 Å². The minimum absolute atomic E-state index is 0.262. The van der Waals surface area contributed by atoms with Gasteiger partial charge in [0.1, 0.15) is 11.6 Å². The van der Waals surface area contributed by atoms with E-state index in [1.165, 1.54) is 12.8 Å². The summed E-state index contributed by atoms with van der Waals surface area (Å²) in [7, 11) is 1.67. The standard InChI is InChI=1S/C16H20N2O2/c1-20-13-3-2-12-4-8-17-15(14(12)10-13)18-11-16(5-6-16)7-9-19/h2-4,8,10,19H,5-7,9,11H2,1H3,(H,17,18). The first-order valence-corrected chi connectivity index (χ1v) is 7.04. The van der Waals surface area contributed by atoms with Gasteiger partial charge in [0.2, 0.25) is 0 Å². The molecule has 0 aliphatic heterocycles. The van der Waals surface area contributed by atoms with Gasteiger partial charge in [-0.05, 0) is 48.3 Å². The largest absolute Gasteiger partial charge is 0.497 e. The van der Waals surface area contributed by atoms with E-state index in [-0.39, 0.29) is 12.0 Å². The molecule has 4 nitrogen and oxygen atoms in total. The van der Waals surface area contributed by atoms with Crippen LogP contribution in [0.15, 0.2) is 30.5 Å². The summed E-state index contributed by atoms with van der Waals surface area (Å²) in [5.74, 6) is 1.73. The first kappa shape index (κ1) is 13.2. The minimum Gasteiger partial charge on any atom is -0.497 e. The van der Waals surface area contributed by atoms with Gasteiger partial charge >= 0.3 is 0 Å². The molecule has 0 bridgehead atoms. The Morgan fingerprint density at radius 2 is 2.20 bits per heavy atom. The highest BCUT2D eigenvalue weighted by atomic mass is 16.5. The van der Waals surface area contributed by atoms with Gasteiger partial charge in [0.15, 0.2) is 0 Å². The van der Waals surface area contributed by atoms with Crippen LogP contribution in [-0.4, -0.2) is 30.4 Å². The summed E-state index contributed by atoms with van der Waals surface area (Å²) >= 11 is 0. The van der Waals surface area contributed by atoms with Crippen LogP contribution in [0.25, 0.3) is 10.8 Å². The van der Waals surface area contributed by atoms with Crippen molar-refractivity contribution in [3.8, 4) is 5.75 Å². The summed E-state index contributed by atoms with van der Waals surface area (Å²) in [4.78, 5) is 4.44. The predicted molar refractivity (Wildman–Crippen MR) is 80.2 cm³/mol. The molecule has 1 aromatic carbocycles. The summed E-state index contributed by atoms with van der Waals surface area (Å²) in [5, 5.41) is 14.8. The zero-order valence-corrected chi connectivity index (χ0v) is 11.7. The van der Waals surface area contributed by atoms with Crippen molar-refractivity contribution in [1.29, 1.82) is 0 Å². The first-order valence-electron chi connectivity index (χ1n) is 7.04. The van der Waals surface area contributed by atoms with Crippen molar-refractivity contribution >= 4 is 16.6 Å². The highest BCUT2D eigenvalue weighted by Crippen LogP contribution is 2.48. The van der Waals surface area contributed by atoms with E-state index in [0.29, 0.717) is 0 Å². The molecule has 1 heterocycles. The molecule has 2 aromatic rings. The SMILES string of the molecule is COc1ccc2ccnc(NCC3(CCO)CC3)c2c1. The van der Waals surface area contributed by atoms with Gasteiger partial charge in [-0.25, -0.2) is 4.98 Å². The second-order valence-corrected chi connectivity index (χ2v) is 5.57. The molecule has 2 N–H and O–H groups in total. The van der Waals surface area contributed by atoms with Crippen molar-refractivity contribution in [1.82, 2.24) is 4.98 Å². The average molecular weight is 272 g/mol. The van der Waals surface area contributed by atoms with Crippen LogP contribution < -0.4 is 10.1 Å².